The molecule has 5 aliphatic rings. The summed E-state index contributed by atoms with van der Waals surface area (Å²) in [6.07, 6.45) is 36.2. The van der Waals surface area contributed by atoms with Crippen molar-refractivity contribution >= 4 is 5.97 Å². The minimum absolute atomic E-state index is 0.0458. The molecule has 0 aliphatic heterocycles. The number of hydrogen-bond donors (Lipinski definition) is 2. The molecule has 3 heteroatoms. The number of allylic oxidation sites excluding steroid dienone is 7. The Bertz CT molecular complexity index is 1290. The first kappa shape index (κ1) is 40.6. The highest BCUT2D eigenvalue weighted by molar-refractivity contribution is 5.77. The summed E-state index contributed by atoms with van der Waals surface area (Å²) < 4.78 is 0. The molecule has 0 heterocycles. The lowest BCUT2D eigenvalue weighted by atomic mass is 9.31. The molecule has 0 aromatic rings. The van der Waals surface area contributed by atoms with Crippen LogP contribution in [-0.2, 0) is 4.79 Å². The van der Waals surface area contributed by atoms with E-state index in [0.29, 0.717) is 23.7 Å². The molecule has 0 radical (unpaired) electrons. The molecule has 5 saturated carbocycles. The van der Waals surface area contributed by atoms with E-state index in [4.69, 9.17) is 0 Å². The van der Waals surface area contributed by atoms with Crippen LogP contribution in [-0.4, -0.2) is 22.3 Å². The minimum Gasteiger partial charge on any atom is -0.481 e. The van der Waals surface area contributed by atoms with Gasteiger partial charge in [-0.25, -0.2) is 0 Å². The van der Waals surface area contributed by atoms with Gasteiger partial charge in [0.15, 0.2) is 0 Å². The molecule has 51 heavy (non-hydrogen) atoms. The van der Waals surface area contributed by atoms with Gasteiger partial charge in [0.05, 0.1) is 11.5 Å². The van der Waals surface area contributed by atoms with Crippen LogP contribution in [0.4, 0.5) is 0 Å². The molecule has 3 nitrogen and oxygen atoms in total. The second-order valence-electron chi connectivity index (χ2n) is 19.8. The van der Waals surface area contributed by atoms with Gasteiger partial charge in [0.25, 0.3) is 0 Å². The van der Waals surface area contributed by atoms with Gasteiger partial charge >= 0.3 is 5.97 Å². The van der Waals surface area contributed by atoms with Crippen molar-refractivity contribution < 1.29 is 15.0 Å². The third-order valence-corrected chi connectivity index (χ3v) is 17.1. The van der Waals surface area contributed by atoms with E-state index < -0.39 is 11.4 Å². The van der Waals surface area contributed by atoms with Crippen molar-refractivity contribution in [3.8, 4) is 0 Å². The normalized spacial score (nSPS) is 41.8. The number of carbonyl (C=O) groups is 1. The molecule has 0 aromatic carbocycles. The molecule has 0 bridgehead atoms. The highest BCUT2D eigenvalue weighted by atomic mass is 16.4. The first-order valence-corrected chi connectivity index (χ1v) is 21.7. The van der Waals surface area contributed by atoms with Crippen LogP contribution in [0, 0.1) is 62.6 Å². The molecule has 0 saturated heterocycles. The van der Waals surface area contributed by atoms with Crippen LogP contribution in [0.3, 0.4) is 0 Å². The van der Waals surface area contributed by atoms with Crippen LogP contribution in [0.2, 0.25) is 0 Å². The topological polar surface area (TPSA) is 57.5 Å². The van der Waals surface area contributed by atoms with Gasteiger partial charge in [0.1, 0.15) is 0 Å². The van der Waals surface area contributed by atoms with E-state index in [1.807, 2.05) is 0 Å². The number of carboxylic acids is 1. The van der Waals surface area contributed by atoms with E-state index in [2.05, 4.69) is 91.5 Å². The quantitative estimate of drug-likeness (QED) is 0.124. The Morgan fingerprint density at radius 1 is 0.745 bits per heavy atom. The van der Waals surface area contributed by atoms with Gasteiger partial charge in [-0.1, -0.05) is 122 Å². The monoisotopic (exact) mass is 703 g/mol. The van der Waals surface area contributed by atoms with Crippen molar-refractivity contribution in [2.75, 3.05) is 0 Å². The maximum absolute atomic E-state index is 13.7. The first-order chi connectivity index (χ1) is 24.2. The largest absolute Gasteiger partial charge is 0.481 e. The molecule has 5 fully saturated rings. The van der Waals surface area contributed by atoms with Crippen molar-refractivity contribution in [2.45, 2.75) is 183 Å². The summed E-state index contributed by atoms with van der Waals surface area (Å²) in [5.41, 5.74) is 1.15. The maximum Gasteiger partial charge on any atom is 0.310 e. The molecular formula is C48H78O3. The Balaban J connectivity index is 1.25. The Morgan fingerprint density at radius 2 is 1.39 bits per heavy atom. The maximum atomic E-state index is 13.7. The van der Waals surface area contributed by atoms with Crippen LogP contribution < -0.4 is 0 Å². The predicted molar refractivity (Wildman–Crippen MR) is 215 cm³/mol. The molecule has 11 atom stereocenters. The van der Waals surface area contributed by atoms with Gasteiger partial charge in [0, 0.05) is 0 Å². The number of aliphatic hydroxyl groups is 1. The summed E-state index contributed by atoms with van der Waals surface area (Å²) in [5.74, 6) is 1.94. The zero-order chi connectivity index (χ0) is 37.1. The number of carboxylic acid groups (broad SMARTS) is 1. The number of aliphatic carboxylic acids is 1. The summed E-state index contributed by atoms with van der Waals surface area (Å²) in [5, 5.41) is 22.4. The fraction of sp³-hybridized carbons (Fsp3) is 0.812. The Kier molecular flexibility index (Phi) is 13.1. The lowest BCUT2D eigenvalue weighted by molar-refractivity contribution is -0.257. The average molecular weight is 703 g/mol. The van der Waals surface area contributed by atoms with Gasteiger partial charge in [-0.2, -0.15) is 0 Å². The second kappa shape index (κ2) is 16.4. The molecule has 2 N–H and O–H groups in total. The molecule has 1 unspecified atom stereocenters. The molecular weight excluding hydrogens is 625 g/mol. The summed E-state index contributed by atoms with van der Waals surface area (Å²) in [6.45, 7) is 21.5. The molecule has 0 amide bonds. The summed E-state index contributed by atoms with van der Waals surface area (Å²) in [7, 11) is 0. The smallest absolute Gasteiger partial charge is 0.310 e. The highest BCUT2D eigenvalue weighted by Gasteiger charge is 2.73. The van der Waals surface area contributed by atoms with Gasteiger partial charge in [-0.3, -0.25) is 4.79 Å². The van der Waals surface area contributed by atoms with Gasteiger partial charge in [-0.15, -0.1) is 0 Å². The van der Waals surface area contributed by atoms with E-state index in [1.54, 1.807) is 0 Å². The zero-order valence-electron chi connectivity index (χ0n) is 34.2. The van der Waals surface area contributed by atoms with E-state index in [-0.39, 0.29) is 39.6 Å². The van der Waals surface area contributed by atoms with Crippen molar-refractivity contribution in [1.29, 1.82) is 0 Å². The molecule has 5 aliphatic carbocycles. The number of rotatable bonds is 16. The van der Waals surface area contributed by atoms with Crippen molar-refractivity contribution in [2.24, 2.45) is 62.6 Å². The zero-order valence-corrected chi connectivity index (χ0v) is 34.2. The number of unbranched alkanes of at least 4 members (excludes halogenated alkanes) is 6. The predicted octanol–water partition coefficient (Wildman–Crippen LogP) is 13.3. The SMILES string of the molecule is C=C(C)[C@@H]1CC[C@]2(C(=O)O)C(CCCCCCCC/C=C\C/C=C\C/C=C\CC)C[C@]3(C)[C@H](CC[C@@H]4[C@@]5(C)CC[C@H](O)C(C)(C)[C@@H]5CC[C@]43C)[C@@H]12. The van der Waals surface area contributed by atoms with Crippen molar-refractivity contribution in [3.63, 3.8) is 0 Å². The standard InChI is InChI=1S/C48H78O3/c1-9-10-11-12-13-14-15-16-17-18-19-20-21-22-23-24-25-36-34-47(8)38(42-37(35(2)3)28-33-48(36,42)43(50)51)26-27-40-45(6)31-30-41(49)44(4,5)39(45)29-32-46(40,47)7/h10-11,13-14,16-17,36-42,49H,2,9,12,15,18-34H2,1,3-8H3,(H,50,51)/b11-10-,14-13-,17-16-/t36?,37-,38+,39-,40+,41-,42+,45-,46+,47+,48-/m0/s1. The van der Waals surface area contributed by atoms with Crippen LogP contribution in [0.25, 0.3) is 0 Å². The van der Waals surface area contributed by atoms with Gasteiger partial charge < -0.3 is 10.2 Å². The number of hydrogen-bond acceptors (Lipinski definition) is 2. The summed E-state index contributed by atoms with van der Waals surface area (Å²) in [6, 6.07) is 0. The average Bonchev–Trinajstić information content (AvgIpc) is 3.49. The Morgan fingerprint density at radius 3 is 2.06 bits per heavy atom. The van der Waals surface area contributed by atoms with Crippen LogP contribution in [0.5, 0.6) is 0 Å². The minimum atomic E-state index is -0.594. The lowest BCUT2D eigenvalue weighted by Crippen LogP contribution is -2.68. The second-order valence-corrected chi connectivity index (χ2v) is 19.8. The molecule has 5 rings (SSSR count). The Labute approximate surface area is 314 Å². The van der Waals surface area contributed by atoms with Gasteiger partial charge in [0.2, 0.25) is 0 Å². The van der Waals surface area contributed by atoms with Crippen LogP contribution >= 0.6 is 0 Å². The van der Waals surface area contributed by atoms with E-state index in [1.165, 1.54) is 69.8 Å². The van der Waals surface area contributed by atoms with E-state index in [9.17, 15) is 15.0 Å². The van der Waals surface area contributed by atoms with Gasteiger partial charge in [-0.05, 0) is 160 Å². The van der Waals surface area contributed by atoms with Crippen LogP contribution in [0.15, 0.2) is 48.6 Å². The highest BCUT2D eigenvalue weighted by Crippen LogP contribution is 2.78. The number of aliphatic hydroxyl groups excluding tert-OH is 1. The van der Waals surface area contributed by atoms with E-state index >= 15 is 0 Å². The lowest BCUT2D eigenvalue weighted by Gasteiger charge is -2.73. The summed E-state index contributed by atoms with van der Waals surface area (Å²) >= 11 is 0. The molecule has 288 valence electrons. The number of fused-ring (bicyclic) bond motifs is 7. The third kappa shape index (κ3) is 7.31. The first-order valence-electron chi connectivity index (χ1n) is 21.7. The Hall–Kier alpha value is -1.61. The molecule has 0 aromatic heterocycles. The fourth-order valence-electron chi connectivity index (χ4n) is 14.4. The van der Waals surface area contributed by atoms with E-state index in [0.717, 1.165) is 64.2 Å². The van der Waals surface area contributed by atoms with Crippen molar-refractivity contribution in [1.82, 2.24) is 0 Å². The summed E-state index contributed by atoms with van der Waals surface area (Å²) in [4.78, 5) is 13.7. The fourth-order valence-corrected chi connectivity index (χ4v) is 14.4. The van der Waals surface area contributed by atoms with Crippen molar-refractivity contribution in [3.05, 3.63) is 48.6 Å². The van der Waals surface area contributed by atoms with Crippen LogP contribution in [0.1, 0.15) is 177 Å². The molecule has 0 spiro atoms. The third-order valence-electron chi connectivity index (χ3n) is 17.1.